The normalized spacial score (nSPS) is 24.2. The van der Waals surface area contributed by atoms with Crippen molar-refractivity contribution in [3.8, 4) is 0 Å². The van der Waals surface area contributed by atoms with E-state index in [9.17, 15) is 9.59 Å². The standard InChI is InChI=1S/C17H32N2O2/c1-9-17(10-2)15(21)19(12(5)16(6,7)8)13(11(3)4)14(20)18-17/h11-13H,9-10H2,1-8H3,(H,18,20). The summed E-state index contributed by atoms with van der Waals surface area (Å²) in [7, 11) is 0. The molecular formula is C17H32N2O2. The van der Waals surface area contributed by atoms with E-state index >= 15 is 0 Å². The summed E-state index contributed by atoms with van der Waals surface area (Å²) in [6, 6.07) is -0.362. The van der Waals surface area contributed by atoms with Crippen LogP contribution in [-0.4, -0.2) is 34.3 Å². The molecule has 0 radical (unpaired) electrons. The fourth-order valence-corrected chi connectivity index (χ4v) is 3.05. The predicted molar refractivity (Wildman–Crippen MR) is 85.8 cm³/mol. The largest absolute Gasteiger partial charge is 0.340 e. The van der Waals surface area contributed by atoms with Crippen LogP contribution in [0, 0.1) is 11.3 Å². The first-order valence-electron chi connectivity index (χ1n) is 8.16. The molecule has 1 rings (SSSR count). The smallest absolute Gasteiger partial charge is 0.249 e. The summed E-state index contributed by atoms with van der Waals surface area (Å²) in [5.41, 5.74) is -0.796. The topological polar surface area (TPSA) is 49.4 Å². The van der Waals surface area contributed by atoms with Crippen molar-refractivity contribution >= 4 is 11.8 Å². The van der Waals surface area contributed by atoms with Gasteiger partial charge in [-0.15, -0.1) is 0 Å². The van der Waals surface area contributed by atoms with Crippen molar-refractivity contribution in [2.45, 2.75) is 85.9 Å². The molecule has 2 atom stereocenters. The average Bonchev–Trinajstić information content (AvgIpc) is 2.38. The third kappa shape index (κ3) is 3.09. The van der Waals surface area contributed by atoms with Crippen LogP contribution in [0.15, 0.2) is 0 Å². The molecule has 2 unspecified atom stereocenters. The zero-order chi connectivity index (χ0) is 16.6. The highest BCUT2D eigenvalue weighted by Gasteiger charge is 2.52. The number of hydrogen-bond acceptors (Lipinski definition) is 2. The Kier molecular flexibility index (Phi) is 5.12. The fourth-order valence-electron chi connectivity index (χ4n) is 3.05. The summed E-state index contributed by atoms with van der Waals surface area (Å²) in [6.45, 7) is 16.4. The Morgan fingerprint density at radius 1 is 1.14 bits per heavy atom. The Bertz CT molecular complexity index is 406. The van der Waals surface area contributed by atoms with Gasteiger partial charge in [0, 0.05) is 6.04 Å². The lowest BCUT2D eigenvalue weighted by atomic mass is 9.79. The monoisotopic (exact) mass is 296 g/mol. The molecular weight excluding hydrogens is 264 g/mol. The molecule has 0 aromatic rings. The summed E-state index contributed by atoms with van der Waals surface area (Å²) < 4.78 is 0. The summed E-state index contributed by atoms with van der Waals surface area (Å²) in [6.07, 6.45) is 1.26. The molecule has 2 amide bonds. The van der Waals surface area contributed by atoms with E-state index in [-0.39, 0.29) is 35.2 Å². The molecule has 0 spiro atoms. The van der Waals surface area contributed by atoms with Crippen LogP contribution >= 0.6 is 0 Å². The highest BCUT2D eigenvalue weighted by molar-refractivity contribution is 6.00. The molecule has 0 bridgehead atoms. The summed E-state index contributed by atoms with van der Waals surface area (Å²) in [5.74, 6) is 0.170. The van der Waals surface area contributed by atoms with Gasteiger partial charge in [0.1, 0.15) is 11.6 Å². The first kappa shape index (κ1) is 18.0. The van der Waals surface area contributed by atoms with Crippen LogP contribution in [0.4, 0.5) is 0 Å². The quantitative estimate of drug-likeness (QED) is 0.867. The maximum absolute atomic E-state index is 13.2. The number of carbonyl (C=O) groups excluding carboxylic acids is 2. The molecule has 21 heavy (non-hydrogen) atoms. The van der Waals surface area contributed by atoms with Gasteiger partial charge < -0.3 is 10.2 Å². The van der Waals surface area contributed by atoms with Crippen LogP contribution in [0.3, 0.4) is 0 Å². The maximum atomic E-state index is 13.2. The number of piperazine rings is 1. The van der Waals surface area contributed by atoms with Gasteiger partial charge in [-0.1, -0.05) is 48.5 Å². The van der Waals surface area contributed by atoms with Crippen LogP contribution in [0.1, 0.15) is 68.2 Å². The Labute approximate surface area is 129 Å². The third-order valence-corrected chi connectivity index (χ3v) is 5.08. The van der Waals surface area contributed by atoms with Crippen LogP contribution in [0.25, 0.3) is 0 Å². The van der Waals surface area contributed by atoms with E-state index in [1.807, 2.05) is 32.6 Å². The maximum Gasteiger partial charge on any atom is 0.249 e. The summed E-state index contributed by atoms with van der Waals surface area (Å²) >= 11 is 0. The molecule has 4 heteroatoms. The van der Waals surface area contributed by atoms with E-state index in [2.05, 4.69) is 33.0 Å². The van der Waals surface area contributed by atoms with Crippen molar-refractivity contribution in [1.82, 2.24) is 10.2 Å². The minimum atomic E-state index is -0.734. The molecule has 0 saturated carbocycles. The highest BCUT2D eigenvalue weighted by atomic mass is 16.2. The van der Waals surface area contributed by atoms with Gasteiger partial charge in [-0.2, -0.15) is 0 Å². The molecule has 1 saturated heterocycles. The van der Waals surface area contributed by atoms with Gasteiger partial charge in [0.25, 0.3) is 0 Å². The second-order valence-corrected chi connectivity index (χ2v) is 7.72. The summed E-state index contributed by atoms with van der Waals surface area (Å²) in [4.78, 5) is 27.7. The van der Waals surface area contributed by atoms with Gasteiger partial charge in [-0.05, 0) is 31.1 Å². The van der Waals surface area contributed by atoms with Crippen LogP contribution in [0.2, 0.25) is 0 Å². The minimum absolute atomic E-state index is 0.00981. The van der Waals surface area contributed by atoms with E-state index in [0.717, 1.165) is 0 Å². The molecule has 1 aliphatic rings. The van der Waals surface area contributed by atoms with Crippen molar-refractivity contribution in [3.63, 3.8) is 0 Å². The van der Waals surface area contributed by atoms with Crippen molar-refractivity contribution in [3.05, 3.63) is 0 Å². The second-order valence-electron chi connectivity index (χ2n) is 7.72. The lowest BCUT2D eigenvalue weighted by Gasteiger charge is -2.51. The molecule has 4 nitrogen and oxygen atoms in total. The van der Waals surface area contributed by atoms with Crippen LogP contribution < -0.4 is 5.32 Å². The van der Waals surface area contributed by atoms with E-state index < -0.39 is 5.54 Å². The lowest BCUT2D eigenvalue weighted by Crippen LogP contribution is -2.73. The number of amides is 2. The number of nitrogens with one attached hydrogen (secondary N) is 1. The number of hydrogen-bond donors (Lipinski definition) is 1. The van der Waals surface area contributed by atoms with E-state index in [0.29, 0.717) is 12.8 Å². The van der Waals surface area contributed by atoms with Crippen LogP contribution in [0.5, 0.6) is 0 Å². The van der Waals surface area contributed by atoms with Crippen molar-refractivity contribution in [2.75, 3.05) is 0 Å². The van der Waals surface area contributed by atoms with Gasteiger partial charge in [0.2, 0.25) is 11.8 Å². The third-order valence-electron chi connectivity index (χ3n) is 5.08. The first-order valence-corrected chi connectivity index (χ1v) is 8.16. The Hall–Kier alpha value is -1.06. The minimum Gasteiger partial charge on any atom is -0.340 e. The highest BCUT2D eigenvalue weighted by Crippen LogP contribution is 2.34. The molecule has 1 fully saturated rings. The Morgan fingerprint density at radius 3 is 1.95 bits per heavy atom. The van der Waals surface area contributed by atoms with Crippen molar-refractivity contribution in [2.24, 2.45) is 11.3 Å². The van der Waals surface area contributed by atoms with E-state index in [4.69, 9.17) is 0 Å². The van der Waals surface area contributed by atoms with Gasteiger partial charge in [-0.25, -0.2) is 0 Å². The molecule has 0 aliphatic carbocycles. The Morgan fingerprint density at radius 2 is 1.62 bits per heavy atom. The van der Waals surface area contributed by atoms with Crippen LogP contribution in [-0.2, 0) is 9.59 Å². The predicted octanol–water partition coefficient (Wildman–Crippen LogP) is 2.96. The Balaban J connectivity index is 3.35. The molecule has 1 N–H and O–H groups in total. The van der Waals surface area contributed by atoms with Gasteiger partial charge in [-0.3, -0.25) is 9.59 Å². The van der Waals surface area contributed by atoms with Gasteiger partial charge >= 0.3 is 0 Å². The van der Waals surface area contributed by atoms with E-state index in [1.54, 1.807) is 0 Å². The zero-order valence-electron chi connectivity index (χ0n) is 14.9. The average molecular weight is 296 g/mol. The zero-order valence-corrected chi connectivity index (χ0v) is 14.9. The fraction of sp³-hybridized carbons (Fsp3) is 0.882. The molecule has 0 aromatic carbocycles. The van der Waals surface area contributed by atoms with Crippen molar-refractivity contribution in [1.29, 1.82) is 0 Å². The molecule has 122 valence electrons. The lowest BCUT2D eigenvalue weighted by molar-refractivity contribution is -0.162. The summed E-state index contributed by atoms with van der Waals surface area (Å²) in [5, 5.41) is 3.02. The van der Waals surface area contributed by atoms with E-state index in [1.165, 1.54) is 0 Å². The SMILES string of the molecule is CCC1(CC)NC(=O)C(C(C)C)N(C(C)C(C)(C)C)C1=O. The van der Waals surface area contributed by atoms with Gasteiger partial charge in [0.15, 0.2) is 0 Å². The molecule has 0 aromatic heterocycles. The number of carbonyl (C=O) groups is 2. The number of rotatable bonds is 4. The van der Waals surface area contributed by atoms with Gasteiger partial charge in [0.05, 0.1) is 0 Å². The van der Waals surface area contributed by atoms with Crippen molar-refractivity contribution < 1.29 is 9.59 Å². The molecule has 1 heterocycles. The number of nitrogens with zero attached hydrogens (tertiary/aromatic N) is 1. The first-order chi connectivity index (χ1) is 9.51. The second kappa shape index (κ2) is 5.98. The molecule has 1 aliphatic heterocycles.